The number of nitrogens with one attached hydrogen (secondary N) is 1. The van der Waals surface area contributed by atoms with Crippen LogP contribution in [0.4, 0.5) is 23.7 Å². The molecule has 0 aromatic heterocycles. The number of benzene rings is 2. The Labute approximate surface area is 164 Å². The average molecular weight is 407 g/mol. The number of carbonyl (C=O) groups is 1. The van der Waals surface area contributed by atoms with Gasteiger partial charge in [-0.25, -0.2) is 16.4 Å². The van der Waals surface area contributed by atoms with Gasteiger partial charge in [0.2, 0.25) is 0 Å². The first-order valence-corrected chi connectivity index (χ1v) is 8.49. The van der Waals surface area contributed by atoms with Crippen LogP contribution in [0.5, 0.6) is 0 Å². The van der Waals surface area contributed by atoms with E-state index in [0.717, 1.165) is 29.3 Å². The number of alkyl halides is 3. The molecular weight excluding hydrogens is 393 g/mol. The van der Waals surface area contributed by atoms with Gasteiger partial charge in [0.05, 0.1) is 5.56 Å². The van der Waals surface area contributed by atoms with Crippen LogP contribution in [0.3, 0.4) is 0 Å². The number of halogens is 4. The molecule has 1 atom stereocenters. The van der Waals surface area contributed by atoms with Crippen molar-refractivity contribution in [3.63, 3.8) is 0 Å². The Morgan fingerprint density at radius 1 is 1.21 bits per heavy atom. The van der Waals surface area contributed by atoms with Gasteiger partial charge in [-0.2, -0.15) is 18.3 Å². The van der Waals surface area contributed by atoms with E-state index in [-0.39, 0.29) is 12.2 Å². The second-order valence-electron chi connectivity index (χ2n) is 6.40. The lowest BCUT2D eigenvalue weighted by Crippen LogP contribution is -2.38. The van der Waals surface area contributed by atoms with E-state index in [1.165, 1.54) is 0 Å². The van der Waals surface area contributed by atoms with E-state index in [0.29, 0.717) is 16.3 Å². The van der Waals surface area contributed by atoms with Crippen molar-refractivity contribution in [1.82, 2.24) is 5.01 Å². The van der Waals surface area contributed by atoms with Gasteiger partial charge in [0.15, 0.2) is 5.71 Å². The number of rotatable bonds is 2. The molecule has 144 valence electrons. The van der Waals surface area contributed by atoms with Crippen LogP contribution in [0.25, 0.3) is 4.85 Å². The highest BCUT2D eigenvalue weighted by Gasteiger charge is 2.47. The van der Waals surface area contributed by atoms with Crippen molar-refractivity contribution >= 4 is 29.0 Å². The fourth-order valence-electron chi connectivity index (χ4n) is 2.74. The summed E-state index contributed by atoms with van der Waals surface area (Å²) in [7, 11) is 0. The molecule has 0 radical (unpaired) electrons. The first-order valence-electron chi connectivity index (χ1n) is 8.12. The lowest BCUT2D eigenvalue weighted by Gasteiger charge is -2.15. The van der Waals surface area contributed by atoms with Gasteiger partial charge < -0.3 is 10.2 Å². The summed E-state index contributed by atoms with van der Waals surface area (Å²) in [5.74, 6) is 0. The van der Waals surface area contributed by atoms with Crippen LogP contribution >= 0.6 is 11.6 Å². The number of anilines is 1. The monoisotopic (exact) mass is 406 g/mol. The van der Waals surface area contributed by atoms with Gasteiger partial charge in [0.1, 0.15) is 6.54 Å². The summed E-state index contributed by atoms with van der Waals surface area (Å²) in [6, 6.07) is 10.2. The second-order valence-corrected chi connectivity index (χ2v) is 6.84. The smallest absolute Gasteiger partial charge is 0.306 e. The molecule has 1 unspecified atom stereocenters. The lowest BCUT2D eigenvalue weighted by atomic mass is 9.92. The largest absolute Gasteiger partial charge is 0.416 e. The molecule has 0 bridgehead atoms. The maximum atomic E-state index is 12.6. The highest BCUT2D eigenvalue weighted by Crippen LogP contribution is 2.31. The van der Waals surface area contributed by atoms with E-state index >= 15 is 0 Å². The molecule has 9 heteroatoms. The molecule has 1 aliphatic rings. The first-order chi connectivity index (χ1) is 13.1. The maximum absolute atomic E-state index is 12.6. The van der Waals surface area contributed by atoms with E-state index in [9.17, 15) is 18.0 Å². The normalized spacial score (nSPS) is 19.1. The number of carbonyl (C=O) groups excluding carboxylic acids is 1. The SMILES string of the molecule is [C-]#[N+]C1(C)CN(C(=O)Nc2ccc(C(F)(F)F)cc2)N=C1c1ccc(Cl)cc1. The number of urea groups is 1. The van der Waals surface area contributed by atoms with Crippen LogP contribution < -0.4 is 5.32 Å². The van der Waals surface area contributed by atoms with Gasteiger partial charge in [-0.15, -0.1) is 0 Å². The predicted octanol–water partition coefficient (Wildman–Crippen LogP) is 5.29. The Morgan fingerprint density at radius 3 is 2.36 bits per heavy atom. The van der Waals surface area contributed by atoms with Crippen molar-refractivity contribution in [3.8, 4) is 0 Å². The third kappa shape index (κ3) is 3.94. The zero-order valence-electron chi connectivity index (χ0n) is 14.6. The van der Waals surface area contributed by atoms with E-state index in [4.69, 9.17) is 18.2 Å². The summed E-state index contributed by atoms with van der Waals surface area (Å²) in [5, 5.41) is 8.39. The first kappa shape index (κ1) is 19.7. The third-order valence-electron chi connectivity index (χ3n) is 4.25. The van der Waals surface area contributed by atoms with Crippen molar-refractivity contribution < 1.29 is 18.0 Å². The van der Waals surface area contributed by atoms with E-state index in [1.54, 1.807) is 31.2 Å². The minimum Gasteiger partial charge on any atom is -0.306 e. The van der Waals surface area contributed by atoms with Crippen molar-refractivity contribution in [3.05, 3.63) is 76.1 Å². The quantitative estimate of drug-likeness (QED) is 0.677. The number of amides is 2. The number of hydrogen-bond acceptors (Lipinski definition) is 2. The van der Waals surface area contributed by atoms with Crippen LogP contribution in [0, 0.1) is 6.57 Å². The van der Waals surface area contributed by atoms with Gasteiger partial charge in [0, 0.05) is 23.2 Å². The third-order valence-corrected chi connectivity index (χ3v) is 4.50. The second kappa shape index (κ2) is 7.17. The van der Waals surface area contributed by atoms with Crippen LogP contribution in [-0.4, -0.2) is 28.8 Å². The summed E-state index contributed by atoms with van der Waals surface area (Å²) in [5.41, 5.74) is -0.590. The van der Waals surface area contributed by atoms with Crippen LogP contribution in [-0.2, 0) is 6.18 Å². The molecule has 1 N–H and O–H groups in total. The van der Waals surface area contributed by atoms with Crippen LogP contribution in [0.2, 0.25) is 5.02 Å². The van der Waals surface area contributed by atoms with Gasteiger partial charge >= 0.3 is 12.2 Å². The minimum absolute atomic E-state index is 0.0148. The molecule has 2 amide bonds. The number of hydrazone groups is 1. The molecule has 28 heavy (non-hydrogen) atoms. The molecule has 2 aromatic carbocycles. The standard InChI is InChI=1S/C19H14ClF3N4O/c1-18(24-2)11-27(26-16(18)12-3-7-14(20)8-4-12)17(28)25-15-9-5-13(6-10-15)19(21,22)23/h3-10H,11H2,1H3,(H,25,28). The van der Waals surface area contributed by atoms with Crippen molar-refractivity contribution in [2.24, 2.45) is 5.10 Å². The van der Waals surface area contributed by atoms with Crippen LogP contribution in [0.15, 0.2) is 53.6 Å². The molecular formula is C19H14ClF3N4O. The fourth-order valence-corrected chi connectivity index (χ4v) is 2.87. The molecule has 0 saturated carbocycles. The molecule has 5 nitrogen and oxygen atoms in total. The molecule has 0 spiro atoms. The summed E-state index contributed by atoms with van der Waals surface area (Å²) in [4.78, 5) is 16.1. The molecule has 0 saturated heterocycles. The molecule has 1 aliphatic heterocycles. The minimum atomic E-state index is -4.45. The molecule has 0 fully saturated rings. The molecule has 1 heterocycles. The fraction of sp³-hybridized carbons (Fsp3) is 0.211. The van der Waals surface area contributed by atoms with Gasteiger partial charge in [0.25, 0.3) is 5.54 Å². The Bertz CT molecular complexity index is 965. The van der Waals surface area contributed by atoms with Gasteiger partial charge in [-0.3, -0.25) is 0 Å². The van der Waals surface area contributed by atoms with Crippen LogP contribution in [0.1, 0.15) is 18.1 Å². The topological polar surface area (TPSA) is 49.1 Å². The summed E-state index contributed by atoms with van der Waals surface area (Å²) >= 11 is 5.89. The highest BCUT2D eigenvalue weighted by molar-refractivity contribution is 6.30. The zero-order valence-corrected chi connectivity index (χ0v) is 15.3. The number of nitrogens with zero attached hydrogens (tertiary/aromatic N) is 3. The van der Waals surface area contributed by atoms with Gasteiger partial charge in [-0.05, 0) is 36.4 Å². The summed E-state index contributed by atoms with van der Waals surface area (Å²) in [6.07, 6.45) is -4.45. The highest BCUT2D eigenvalue weighted by atomic mass is 35.5. The molecule has 3 rings (SSSR count). The Morgan fingerprint density at radius 2 is 1.82 bits per heavy atom. The Hall–Kier alpha value is -3.05. The lowest BCUT2D eigenvalue weighted by molar-refractivity contribution is -0.137. The van der Waals surface area contributed by atoms with Crippen molar-refractivity contribution in [2.45, 2.75) is 18.6 Å². The van der Waals surface area contributed by atoms with Crippen molar-refractivity contribution in [1.29, 1.82) is 0 Å². The number of hydrogen-bond donors (Lipinski definition) is 1. The zero-order chi connectivity index (χ0) is 20.5. The maximum Gasteiger partial charge on any atom is 0.416 e. The average Bonchev–Trinajstić information content (AvgIpc) is 3.00. The Balaban J connectivity index is 1.80. The summed E-state index contributed by atoms with van der Waals surface area (Å²) < 4.78 is 37.9. The Kier molecular flexibility index (Phi) is 5.04. The van der Waals surface area contributed by atoms with E-state index in [1.807, 2.05) is 0 Å². The molecule has 0 aliphatic carbocycles. The van der Waals surface area contributed by atoms with E-state index in [2.05, 4.69) is 15.3 Å². The van der Waals surface area contributed by atoms with Gasteiger partial charge in [-0.1, -0.05) is 23.7 Å². The van der Waals surface area contributed by atoms with Crippen molar-refractivity contribution in [2.75, 3.05) is 11.9 Å². The summed E-state index contributed by atoms with van der Waals surface area (Å²) in [6.45, 7) is 9.19. The molecule has 2 aromatic rings. The van der Waals surface area contributed by atoms with E-state index < -0.39 is 23.3 Å². The predicted molar refractivity (Wildman–Crippen MR) is 100 cm³/mol.